The van der Waals surface area contributed by atoms with Gasteiger partial charge >= 0.3 is 0 Å². The summed E-state index contributed by atoms with van der Waals surface area (Å²) in [6.45, 7) is 1.58. The van der Waals surface area contributed by atoms with Gasteiger partial charge in [-0.25, -0.2) is 12.7 Å². The van der Waals surface area contributed by atoms with Gasteiger partial charge in [0.05, 0.1) is 11.3 Å². The molecule has 0 aliphatic carbocycles. The molecular weight excluding hydrogens is 414 g/mol. The molecule has 2 N–H and O–H groups in total. The number of sulfonamides is 1. The third kappa shape index (κ3) is 5.28. The molecule has 0 spiro atoms. The van der Waals surface area contributed by atoms with Crippen LogP contribution in [0.3, 0.4) is 0 Å². The Balaban J connectivity index is 1.65. The van der Waals surface area contributed by atoms with E-state index in [2.05, 4.69) is 10.6 Å². The van der Waals surface area contributed by atoms with Crippen molar-refractivity contribution in [2.45, 2.75) is 24.3 Å². The molecule has 0 aliphatic rings. The van der Waals surface area contributed by atoms with Crippen LogP contribution in [-0.4, -0.2) is 44.7 Å². The fourth-order valence-electron chi connectivity index (χ4n) is 3.17. The number of hydrogen-bond acceptors (Lipinski definition) is 4. The van der Waals surface area contributed by atoms with E-state index in [1.54, 1.807) is 19.1 Å². The van der Waals surface area contributed by atoms with Gasteiger partial charge in [-0.15, -0.1) is 0 Å². The summed E-state index contributed by atoms with van der Waals surface area (Å²) in [5.74, 6) is -0.714. The molecule has 2 amide bonds. The summed E-state index contributed by atoms with van der Waals surface area (Å²) in [7, 11) is -0.737. The quantitative estimate of drug-likeness (QED) is 0.592. The highest BCUT2D eigenvalue weighted by molar-refractivity contribution is 7.89. The molecule has 0 saturated carbocycles. The van der Waals surface area contributed by atoms with E-state index in [-0.39, 0.29) is 17.2 Å². The van der Waals surface area contributed by atoms with Crippen LogP contribution in [0.4, 0.5) is 5.69 Å². The van der Waals surface area contributed by atoms with Crippen molar-refractivity contribution in [2.75, 3.05) is 19.4 Å². The van der Waals surface area contributed by atoms with Gasteiger partial charge in [-0.3, -0.25) is 9.59 Å². The fourth-order valence-corrected chi connectivity index (χ4v) is 4.12. The molecule has 0 heterocycles. The summed E-state index contributed by atoms with van der Waals surface area (Å²) < 4.78 is 25.6. The number of fused-ring (bicyclic) bond motifs is 1. The Morgan fingerprint density at radius 3 is 2.39 bits per heavy atom. The second-order valence-corrected chi connectivity index (χ2v) is 9.56. The summed E-state index contributed by atoms with van der Waals surface area (Å²) in [6, 6.07) is 18.8. The monoisotopic (exact) mass is 439 g/mol. The summed E-state index contributed by atoms with van der Waals surface area (Å²) in [5.41, 5.74) is 1.22. The van der Waals surface area contributed by atoms with Crippen molar-refractivity contribution in [1.29, 1.82) is 0 Å². The summed E-state index contributed by atoms with van der Waals surface area (Å²) in [4.78, 5) is 25.1. The molecule has 3 aromatic rings. The zero-order chi connectivity index (χ0) is 22.6. The van der Waals surface area contributed by atoms with Crippen LogP contribution in [0.25, 0.3) is 10.8 Å². The molecule has 3 rings (SSSR count). The Bertz CT molecular complexity index is 1220. The van der Waals surface area contributed by atoms with Gasteiger partial charge < -0.3 is 10.6 Å². The molecule has 0 aliphatic heterocycles. The molecule has 0 bridgehead atoms. The molecule has 0 radical (unpaired) electrons. The van der Waals surface area contributed by atoms with E-state index in [0.717, 1.165) is 20.6 Å². The van der Waals surface area contributed by atoms with E-state index in [1.807, 2.05) is 42.5 Å². The van der Waals surface area contributed by atoms with Crippen LogP contribution in [0.1, 0.15) is 12.5 Å². The van der Waals surface area contributed by atoms with Crippen molar-refractivity contribution in [3.05, 3.63) is 72.3 Å². The van der Waals surface area contributed by atoms with E-state index in [9.17, 15) is 18.0 Å². The maximum atomic E-state index is 12.5. The lowest BCUT2D eigenvalue weighted by Gasteiger charge is -2.16. The number of benzene rings is 3. The van der Waals surface area contributed by atoms with Crippen LogP contribution < -0.4 is 10.6 Å². The molecule has 1 atom stereocenters. The van der Waals surface area contributed by atoms with Gasteiger partial charge in [0.25, 0.3) is 0 Å². The summed E-state index contributed by atoms with van der Waals surface area (Å²) in [6.07, 6.45) is 0.148. The molecule has 0 fully saturated rings. The number of carbonyl (C=O) groups is 2. The third-order valence-corrected chi connectivity index (χ3v) is 6.69. The second kappa shape index (κ2) is 9.28. The Morgan fingerprint density at radius 1 is 0.968 bits per heavy atom. The van der Waals surface area contributed by atoms with Crippen molar-refractivity contribution in [3.8, 4) is 0 Å². The molecular formula is C23H25N3O4S. The minimum absolute atomic E-state index is 0.0722. The van der Waals surface area contributed by atoms with Gasteiger partial charge in [-0.1, -0.05) is 48.5 Å². The first-order chi connectivity index (χ1) is 14.7. The summed E-state index contributed by atoms with van der Waals surface area (Å²) in [5, 5.41) is 7.40. The average Bonchev–Trinajstić information content (AvgIpc) is 2.74. The number of hydrogen-bond donors (Lipinski definition) is 2. The maximum absolute atomic E-state index is 12.5. The minimum atomic E-state index is -3.61. The molecule has 162 valence electrons. The first kappa shape index (κ1) is 22.5. The molecule has 0 aromatic heterocycles. The van der Waals surface area contributed by atoms with Crippen LogP contribution in [0.2, 0.25) is 0 Å². The number of nitrogens with zero attached hydrogens (tertiary/aromatic N) is 1. The Kier molecular flexibility index (Phi) is 6.72. The number of nitrogens with one attached hydrogen (secondary N) is 2. The van der Waals surface area contributed by atoms with Crippen molar-refractivity contribution in [3.63, 3.8) is 0 Å². The highest BCUT2D eigenvalue weighted by atomic mass is 32.2. The van der Waals surface area contributed by atoms with E-state index in [0.29, 0.717) is 5.69 Å². The highest BCUT2D eigenvalue weighted by Crippen LogP contribution is 2.20. The second-order valence-electron chi connectivity index (χ2n) is 7.41. The van der Waals surface area contributed by atoms with Crippen molar-refractivity contribution >= 4 is 38.3 Å². The largest absolute Gasteiger partial charge is 0.344 e. The maximum Gasteiger partial charge on any atom is 0.246 e. The fraction of sp³-hybridized carbons (Fsp3) is 0.217. The van der Waals surface area contributed by atoms with Gasteiger partial charge in [0, 0.05) is 19.8 Å². The normalized spacial score (nSPS) is 12.5. The zero-order valence-corrected chi connectivity index (χ0v) is 18.4. The molecule has 7 nitrogen and oxygen atoms in total. The average molecular weight is 440 g/mol. The predicted octanol–water partition coefficient (Wildman–Crippen LogP) is 2.78. The van der Waals surface area contributed by atoms with Gasteiger partial charge in [-0.2, -0.15) is 0 Å². The van der Waals surface area contributed by atoms with Crippen LogP contribution in [0.15, 0.2) is 71.6 Å². The Morgan fingerprint density at radius 2 is 1.65 bits per heavy atom. The smallest absolute Gasteiger partial charge is 0.246 e. The van der Waals surface area contributed by atoms with Crippen molar-refractivity contribution < 1.29 is 18.0 Å². The third-order valence-electron chi connectivity index (χ3n) is 4.88. The van der Waals surface area contributed by atoms with E-state index < -0.39 is 22.0 Å². The number of rotatable bonds is 7. The van der Waals surface area contributed by atoms with Gasteiger partial charge in [0.2, 0.25) is 21.8 Å². The highest BCUT2D eigenvalue weighted by Gasteiger charge is 2.20. The number of anilines is 1. The first-order valence-corrected chi connectivity index (χ1v) is 11.2. The minimum Gasteiger partial charge on any atom is -0.344 e. The van der Waals surface area contributed by atoms with Crippen molar-refractivity contribution in [1.82, 2.24) is 9.62 Å². The van der Waals surface area contributed by atoms with E-state index in [1.165, 1.54) is 26.2 Å². The number of amides is 2. The lowest BCUT2D eigenvalue weighted by atomic mass is 10.0. The lowest BCUT2D eigenvalue weighted by molar-refractivity contribution is -0.125. The van der Waals surface area contributed by atoms with Crippen LogP contribution >= 0.6 is 0 Å². The topological polar surface area (TPSA) is 95.6 Å². The van der Waals surface area contributed by atoms with E-state index >= 15 is 0 Å². The molecule has 3 aromatic carbocycles. The molecule has 8 heteroatoms. The lowest BCUT2D eigenvalue weighted by Crippen LogP contribution is -2.42. The van der Waals surface area contributed by atoms with Crippen LogP contribution in [0.5, 0.6) is 0 Å². The predicted molar refractivity (Wildman–Crippen MR) is 121 cm³/mol. The zero-order valence-electron chi connectivity index (χ0n) is 17.6. The van der Waals surface area contributed by atoms with Gasteiger partial charge in [0.1, 0.15) is 6.04 Å². The molecule has 0 saturated heterocycles. The SMILES string of the molecule is C[C@H](NC(=O)Cc1cccc2ccccc12)C(=O)Nc1cccc(S(=O)(=O)N(C)C)c1. The van der Waals surface area contributed by atoms with Crippen LogP contribution in [-0.2, 0) is 26.0 Å². The Labute approximate surface area is 182 Å². The molecule has 31 heavy (non-hydrogen) atoms. The van der Waals surface area contributed by atoms with Crippen LogP contribution in [0, 0.1) is 0 Å². The van der Waals surface area contributed by atoms with E-state index in [4.69, 9.17) is 0 Å². The standard InChI is InChI=1S/C23H25N3O4S/c1-16(23(28)25-19-11-7-12-20(15-19)31(29,30)26(2)3)24-22(27)14-18-10-6-9-17-8-4-5-13-21(17)18/h4-13,15-16H,14H2,1-3H3,(H,24,27)(H,25,28)/t16-/m0/s1. The van der Waals surface area contributed by atoms with Gasteiger partial charge in [-0.05, 0) is 41.5 Å². The molecule has 0 unspecified atom stereocenters. The van der Waals surface area contributed by atoms with Gasteiger partial charge in [0.15, 0.2) is 0 Å². The van der Waals surface area contributed by atoms with Crippen molar-refractivity contribution in [2.24, 2.45) is 0 Å². The Hall–Kier alpha value is -3.23. The first-order valence-electron chi connectivity index (χ1n) is 9.78. The number of carbonyl (C=O) groups excluding carboxylic acids is 2. The summed E-state index contributed by atoms with van der Waals surface area (Å²) >= 11 is 0.